The second-order valence-electron chi connectivity index (χ2n) is 3.59. The lowest BCUT2D eigenvalue weighted by Crippen LogP contribution is -2.22. The maximum Gasteiger partial charge on any atom is 0.145 e. The molecule has 0 fully saturated rings. The van der Waals surface area contributed by atoms with E-state index in [1.54, 1.807) is 10.7 Å². The van der Waals surface area contributed by atoms with Crippen molar-refractivity contribution in [3.8, 4) is 0 Å². The minimum absolute atomic E-state index is 0.246. The number of hydrogen-bond acceptors (Lipinski definition) is 2. The van der Waals surface area contributed by atoms with E-state index in [1.165, 1.54) is 13.8 Å². The van der Waals surface area contributed by atoms with Crippen LogP contribution in [0.3, 0.4) is 0 Å². The third-order valence-corrected chi connectivity index (χ3v) is 1.53. The van der Waals surface area contributed by atoms with Gasteiger partial charge in [0.2, 0.25) is 0 Å². The van der Waals surface area contributed by atoms with E-state index >= 15 is 0 Å². The van der Waals surface area contributed by atoms with E-state index in [9.17, 15) is 4.39 Å². The number of alkyl halides is 1. The molecule has 0 spiro atoms. The number of aromatic nitrogens is 2. The largest absolute Gasteiger partial charge is 0.382 e. The molecule has 0 bridgehead atoms. The summed E-state index contributed by atoms with van der Waals surface area (Å²) in [5, 5.41) is 3.95. The molecule has 0 aromatic carbocycles. The van der Waals surface area contributed by atoms with Crippen molar-refractivity contribution < 1.29 is 4.39 Å². The molecule has 0 atom stereocenters. The lowest BCUT2D eigenvalue weighted by Gasteiger charge is -2.14. The first kappa shape index (κ1) is 9.03. The topological polar surface area (TPSA) is 43.8 Å². The van der Waals surface area contributed by atoms with Crippen molar-refractivity contribution in [3.63, 3.8) is 0 Å². The van der Waals surface area contributed by atoms with Gasteiger partial charge in [-0.25, -0.2) is 4.39 Å². The summed E-state index contributed by atoms with van der Waals surface area (Å²) in [5.74, 6) is 0.441. The van der Waals surface area contributed by atoms with Crippen molar-refractivity contribution in [1.29, 1.82) is 0 Å². The van der Waals surface area contributed by atoms with Crippen LogP contribution in [-0.2, 0) is 6.54 Å². The fraction of sp³-hybridized carbons (Fsp3) is 0.625. The third kappa shape index (κ3) is 2.22. The smallest absolute Gasteiger partial charge is 0.145 e. The van der Waals surface area contributed by atoms with Crippen LogP contribution in [-0.4, -0.2) is 15.4 Å². The maximum atomic E-state index is 13.2. The standard InChI is InChI=1S/C8H14FN3/c1-6-4-7(10)11-12(6)5-8(2,3)9/h4H,5H2,1-3H3,(H2,10,11). The molecule has 0 aliphatic heterocycles. The summed E-state index contributed by atoms with van der Waals surface area (Å²) in [4.78, 5) is 0. The summed E-state index contributed by atoms with van der Waals surface area (Å²) in [5.41, 5.74) is 5.08. The molecule has 0 aliphatic rings. The molecule has 1 rings (SSSR count). The van der Waals surface area contributed by atoms with Crippen LogP contribution in [0.2, 0.25) is 0 Å². The Morgan fingerprint density at radius 1 is 1.67 bits per heavy atom. The molecule has 0 unspecified atom stereocenters. The Bertz CT molecular complexity index is 272. The van der Waals surface area contributed by atoms with Gasteiger partial charge >= 0.3 is 0 Å². The van der Waals surface area contributed by atoms with Crippen LogP contribution >= 0.6 is 0 Å². The van der Waals surface area contributed by atoms with Gasteiger partial charge in [0.05, 0.1) is 6.54 Å². The van der Waals surface area contributed by atoms with Crippen LogP contribution in [0.15, 0.2) is 6.07 Å². The highest BCUT2D eigenvalue weighted by atomic mass is 19.1. The summed E-state index contributed by atoms with van der Waals surface area (Å²) in [6, 6.07) is 1.73. The number of anilines is 1. The Labute approximate surface area is 71.4 Å². The first-order valence-electron chi connectivity index (χ1n) is 3.87. The van der Waals surface area contributed by atoms with Gasteiger partial charge in [-0.05, 0) is 20.8 Å². The van der Waals surface area contributed by atoms with Crippen molar-refractivity contribution in [2.75, 3.05) is 5.73 Å². The Morgan fingerprint density at radius 2 is 2.25 bits per heavy atom. The summed E-state index contributed by atoms with van der Waals surface area (Å²) >= 11 is 0. The third-order valence-electron chi connectivity index (χ3n) is 1.53. The molecule has 1 heterocycles. The molecule has 0 radical (unpaired) electrons. The molecule has 3 nitrogen and oxygen atoms in total. The second-order valence-corrected chi connectivity index (χ2v) is 3.59. The summed E-state index contributed by atoms with van der Waals surface area (Å²) in [6.45, 7) is 5.14. The van der Waals surface area contributed by atoms with Crippen LogP contribution in [0.4, 0.5) is 10.2 Å². The van der Waals surface area contributed by atoms with Gasteiger partial charge in [-0.3, -0.25) is 4.68 Å². The van der Waals surface area contributed by atoms with Gasteiger partial charge in [-0.15, -0.1) is 0 Å². The zero-order chi connectivity index (χ0) is 9.35. The number of nitrogen functional groups attached to an aromatic ring is 1. The van der Waals surface area contributed by atoms with E-state index in [1.807, 2.05) is 6.92 Å². The SMILES string of the molecule is Cc1cc(N)nn1CC(C)(C)F. The molecular formula is C8H14FN3. The van der Waals surface area contributed by atoms with Gasteiger partial charge in [0, 0.05) is 11.8 Å². The quantitative estimate of drug-likeness (QED) is 0.733. The maximum absolute atomic E-state index is 13.2. The Kier molecular flexibility index (Phi) is 2.08. The van der Waals surface area contributed by atoms with E-state index in [0.717, 1.165) is 5.69 Å². The lowest BCUT2D eigenvalue weighted by molar-refractivity contribution is 0.178. The molecule has 4 heteroatoms. The van der Waals surface area contributed by atoms with Crippen LogP contribution in [0.5, 0.6) is 0 Å². The van der Waals surface area contributed by atoms with Crippen molar-refractivity contribution >= 4 is 5.82 Å². The van der Waals surface area contributed by atoms with E-state index in [0.29, 0.717) is 5.82 Å². The minimum Gasteiger partial charge on any atom is -0.382 e. The van der Waals surface area contributed by atoms with Crippen molar-refractivity contribution in [1.82, 2.24) is 9.78 Å². The summed E-state index contributed by atoms with van der Waals surface area (Å²) < 4.78 is 14.7. The number of rotatable bonds is 2. The van der Waals surface area contributed by atoms with Crippen LogP contribution in [0, 0.1) is 6.92 Å². The van der Waals surface area contributed by atoms with Crippen molar-refractivity contribution in [2.24, 2.45) is 0 Å². The highest BCUT2D eigenvalue weighted by Gasteiger charge is 2.17. The normalized spacial score (nSPS) is 12.0. The molecule has 0 saturated carbocycles. The number of nitrogens with two attached hydrogens (primary N) is 1. The average molecular weight is 171 g/mol. The molecular weight excluding hydrogens is 157 g/mol. The first-order chi connectivity index (χ1) is 5.38. The molecule has 0 aliphatic carbocycles. The lowest BCUT2D eigenvalue weighted by atomic mass is 10.2. The number of hydrogen-bond donors (Lipinski definition) is 1. The fourth-order valence-corrected chi connectivity index (χ4v) is 1.05. The molecule has 1 aromatic heterocycles. The highest BCUT2D eigenvalue weighted by molar-refractivity contribution is 5.28. The second kappa shape index (κ2) is 2.77. The van der Waals surface area contributed by atoms with Gasteiger partial charge in [0.1, 0.15) is 11.5 Å². The molecule has 68 valence electrons. The van der Waals surface area contributed by atoms with E-state index in [2.05, 4.69) is 5.10 Å². The number of nitrogens with zero attached hydrogens (tertiary/aromatic N) is 2. The van der Waals surface area contributed by atoms with Crippen molar-refractivity contribution in [3.05, 3.63) is 11.8 Å². The average Bonchev–Trinajstić information content (AvgIpc) is 2.06. The van der Waals surface area contributed by atoms with Gasteiger partial charge in [-0.2, -0.15) is 5.10 Å². The number of aryl methyl sites for hydroxylation is 1. The Balaban J connectivity index is 2.82. The molecule has 12 heavy (non-hydrogen) atoms. The molecule has 2 N–H and O–H groups in total. The zero-order valence-corrected chi connectivity index (χ0v) is 7.63. The number of halogens is 1. The van der Waals surface area contributed by atoms with E-state index in [-0.39, 0.29) is 6.54 Å². The Hall–Kier alpha value is -1.06. The predicted octanol–water partition coefficient (Wildman–Crippen LogP) is 1.52. The van der Waals surface area contributed by atoms with Crippen LogP contribution in [0.25, 0.3) is 0 Å². The molecule has 0 saturated heterocycles. The van der Waals surface area contributed by atoms with Crippen molar-refractivity contribution in [2.45, 2.75) is 33.0 Å². The summed E-state index contributed by atoms with van der Waals surface area (Å²) in [7, 11) is 0. The molecule has 0 amide bonds. The fourth-order valence-electron chi connectivity index (χ4n) is 1.05. The minimum atomic E-state index is -1.25. The van der Waals surface area contributed by atoms with E-state index < -0.39 is 5.67 Å². The highest BCUT2D eigenvalue weighted by Crippen LogP contribution is 2.14. The van der Waals surface area contributed by atoms with Crippen LogP contribution < -0.4 is 5.73 Å². The monoisotopic (exact) mass is 171 g/mol. The van der Waals surface area contributed by atoms with Crippen LogP contribution in [0.1, 0.15) is 19.5 Å². The van der Waals surface area contributed by atoms with Gasteiger partial charge in [0.25, 0.3) is 0 Å². The predicted molar refractivity (Wildman–Crippen MR) is 46.6 cm³/mol. The Morgan fingerprint density at radius 3 is 2.58 bits per heavy atom. The van der Waals surface area contributed by atoms with Gasteiger partial charge in [0.15, 0.2) is 0 Å². The summed E-state index contributed by atoms with van der Waals surface area (Å²) in [6.07, 6.45) is 0. The zero-order valence-electron chi connectivity index (χ0n) is 7.63. The van der Waals surface area contributed by atoms with E-state index in [4.69, 9.17) is 5.73 Å². The first-order valence-corrected chi connectivity index (χ1v) is 3.87. The van der Waals surface area contributed by atoms with Gasteiger partial charge in [-0.1, -0.05) is 0 Å². The van der Waals surface area contributed by atoms with Gasteiger partial charge < -0.3 is 5.73 Å². The molecule has 1 aromatic rings.